The van der Waals surface area contributed by atoms with Gasteiger partial charge in [-0.1, -0.05) is 30.3 Å². The first kappa shape index (κ1) is 19.3. The van der Waals surface area contributed by atoms with Gasteiger partial charge < -0.3 is 15.2 Å². The number of fused-ring (bicyclic) bond motifs is 5. The summed E-state index contributed by atoms with van der Waals surface area (Å²) in [6, 6.07) is 15.3. The first-order valence-electron chi connectivity index (χ1n) is 10.3. The van der Waals surface area contributed by atoms with Crippen molar-refractivity contribution in [3.8, 4) is 22.8 Å². The highest BCUT2D eigenvalue weighted by Crippen LogP contribution is 2.42. The Labute approximate surface area is 178 Å². The van der Waals surface area contributed by atoms with Crippen molar-refractivity contribution in [2.75, 3.05) is 13.2 Å². The van der Waals surface area contributed by atoms with E-state index in [9.17, 15) is 15.2 Å². The van der Waals surface area contributed by atoms with Crippen LogP contribution in [0.2, 0.25) is 0 Å². The van der Waals surface area contributed by atoms with Crippen LogP contribution in [0.3, 0.4) is 0 Å². The third kappa shape index (κ3) is 3.14. The highest BCUT2D eigenvalue weighted by Gasteiger charge is 2.25. The van der Waals surface area contributed by atoms with Crippen LogP contribution in [-0.4, -0.2) is 28.2 Å². The van der Waals surface area contributed by atoms with E-state index in [1.807, 2.05) is 24.3 Å². The normalized spacial score (nSPS) is 13.3. The van der Waals surface area contributed by atoms with Crippen molar-refractivity contribution in [3.05, 3.63) is 69.8 Å². The first-order valence-corrected chi connectivity index (χ1v) is 10.3. The predicted molar refractivity (Wildman–Crippen MR) is 120 cm³/mol. The van der Waals surface area contributed by atoms with Gasteiger partial charge in [0.2, 0.25) is 5.75 Å². The van der Waals surface area contributed by atoms with Crippen molar-refractivity contribution in [2.24, 2.45) is 0 Å². The van der Waals surface area contributed by atoms with Crippen molar-refractivity contribution >= 4 is 27.4 Å². The molecule has 0 saturated heterocycles. The molecule has 2 heterocycles. The number of rotatable bonds is 4. The molecule has 0 aliphatic carbocycles. The SMILES string of the molecule is CCOc1cc(-c2nc3ccc4ccccc4c3c3c2CNCC3)cc([N+](=O)[O-])c1O. The Bertz CT molecular complexity index is 1350. The highest BCUT2D eigenvalue weighted by atomic mass is 16.6. The second-order valence-corrected chi connectivity index (χ2v) is 7.56. The minimum Gasteiger partial charge on any atom is -0.500 e. The van der Waals surface area contributed by atoms with E-state index >= 15 is 0 Å². The molecule has 5 rings (SSSR count). The van der Waals surface area contributed by atoms with E-state index in [1.54, 1.807) is 13.0 Å². The average Bonchev–Trinajstić information content (AvgIpc) is 2.79. The monoisotopic (exact) mass is 415 g/mol. The second-order valence-electron chi connectivity index (χ2n) is 7.56. The van der Waals surface area contributed by atoms with E-state index in [0.29, 0.717) is 17.8 Å². The summed E-state index contributed by atoms with van der Waals surface area (Å²) >= 11 is 0. The molecule has 1 aliphatic heterocycles. The van der Waals surface area contributed by atoms with Gasteiger partial charge in [0.25, 0.3) is 0 Å². The van der Waals surface area contributed by atoms with Crippen LogP contribution in [0.1, 0.15) is 18.1 Å². The summed E-state index contributed by atoms with van der Waals surface area (Å²) in [5.74, 6) is -0.376. The molecule has 0 unspecified atom stereocenters. The summed E-state index contributed by atoms with van der Waals surface area (Å²) in [6.07, 6.45) is 0.841. The molecule has 0 spiro atoms. The molecule has 0 saturated carbocycles. The predicted octanol–water partition coefficient (Wildman–Crippen LogP) is 4.71. The molecular weight excluding hydrogens is 394 g/mol. The Morgan fingerprint density at radius 1 is 1.19 bits per heavy atom. The maximum Gasteiger partial charge on any atom is 0.315 e. The minimum atomic E-state index is -0.597. The van der Waals surface area contributed by atoms with Crippen molar-refractivity contribution in [3.63, 3.8) is 0 Å². The van der Waals surface area contributed by atoms with Crippen molar-refractivity contribution in [2.45, 2.75) is 19.9 Å². The third-order valence-corrected chi connectivity index (χ3v) is 5.77. The molecule has 7 heteroatoms. The lowest BCUT2D eigenvalue weighted by Crippen LogP contribution is -2.25. The van der Waals surface area contributed by atoms with Crippen LogP contribution in [0.15, 0.2) is 48.5 Å². The molecule has 156 valence electrons. The molecule has 1 aliphatic rings. The number of ether oxygens (including phenoxy) is 1. The van der Waals surface area contributed by atoms with Gasteiger partial charge in [-0.25, -0.2) is 4.98 Å². The summed E-state index contributed by atoms with van der Waals surface area (Å²) in [6.45, 7) is 3.53. The van der Waals surface area contributed by atoms with Crippen LogP contribution in [0.5, 0.6) is 11.5 Å². The number of aromatic hydroxyl groups is 1. The average molecular weight is 415 g/mol. The molecule has 0 radical (unpaired) electrons. The summed E-state index contributed by atoms with van der Waals surface area (Å²) in [7, 11) is 0. The lowest BCUT2D eigenvalue weighted by molar-refractivity contribution is -0.385. The zero-order valence-electron chi connectivity index (χ0n) is 17.0. The maximum atomic E-state index is 11.6. The molecule has 0 fully saturated rings. The Morgan fingerprint density at radius 2 is 2.03 bits per heavy atom. The number of pyridine rings is 1. The number of phenols is 1. The van der Waals surface area contributed by atoms with E-state index < -0.39 is 10.7 Å². The van der Waals surface area contributed by atoms with E-state index in [1.165, 1.54) is 11.6 Å². The van der Waals surface area contributed by atoms with Gasteiger partial charge in [0.05, 0.1) is 22.7 Å². The fourth-order valence-electron chi connectivity index (χ4n) is 4.42. The fraction of sp³-hybridized carbons (Fsp3) is 0.208. The number of phenolic OH excluding ortho intramolecular Hbond substituents is 1. The van der Waals surface area contributed by atoms with Gasteiger partial charge in [0, 0.05) is 23.6 Å². The molecule has 0 bridgehead atoms. The van der Waals surface area contributed by atoms with Gasteiger partial charge in [0.1, 0.15) is 0 Å². The largest absolute Gasteiger partial charge is 0.500 e. The van der Waals surface area contributed by atoms with Crippen LogP contribution in [0.4, 0.5) is 5.69 Å². The lowest BCUT2D eigenvalue weighted by atomic mass is 9.90. The van der Waals surface area contributed by atoms with Gasteiger partial charge in [0.15, 0.2) is 5.75 Å². The molecule has 0 amide bonds. The number of nitro groups is 1. The third-order valence-electron chi connectivity index (χ3n) is 5.77. The summed E-state index contributed by atoms with van der Waals surface area (Å²) in [5, 5.41) is 28.7. The molecule has 3 aromatic carbocycles. The zero-order chi connectivity index (χ0) is 21.5. The Morgan fingerprint density at radius 3 is 2.84 bits per heavy atom. The number of hydrogen-bond donors (Lipinski definition) is 2. The fourth-order valence-corrected chi connectivity index (χ4v) is 4.42. The van der Waals surface area contributed by atoms with Crippen molar-refractivity contribution in [1.29, 1.82) is 0 Å². The number of nitro benzene ring substituents is 1. The summed E-state index contributed by atoms with van der Waals surface area (Å²) in [5.41, 5.74) is 3.93. The smallest absolute Gasteiger partial charge is 0.315 e. The van der Waals surface area contributed by atoms with Gasteiger partial charge >= 0.3 is 5.69 Å². The van der Waals surface area contributed by atoms with Crippen LogP contribution in [0.25, 0.3) is 32.9 Å². The molecule has 1 aromatic heterocycles. The lowest BCUT2D eigenvalue weighted by Gasteiger charge is -2.23. The number of hydrogen-bond acceptors (Lipinski definition) is 6. The molecule has 31 heavy (non-hydrogen) atoms. The summed E-state index contributed by atoms with van der Waals surface area (Å²) in [4.78, 5) is 15.9. The van der Waals surface area contributed by atoms with Crippen LogP contribution in [0, 0.1) is 10.1 Å². The quantitative estimate of drug-likeness (QED) is 0.285. The molecule has 0 atom stereocenters. The maximum absolute atomic E-state index is 11.6. The Hall–Kier alpha value is -3.71. The molecule has 4 aromatic rings. The van der Waals surface area contributed by atoms with Crippen LogP contribution >= 0.6 is 0 Å². The van der Waals surface area contributed by atoms with Gasteiger partial charge in [-0.2, -0.15) is 0 Å². The molecule has 7 nitrogen and oxygen atoms in total. The highest BCUT2D eigenvalue weighted by molar-refractivity contribution is 6.09. The number of benzene rings is 3. The van der Waals surface area contributed by atoms with E-state index in [0.717, 1.165) is 40.2 Å². The summed E-state index contributed by atoms with van der Waals surface area (Å²) < 4.78 is 5.48. The van der Waals surface area contributed by atoms with E-state index in [2.05, 4.69) is 17.4 Å². The van der Waals surface area contributed by atoms with Gasteiger partial charge in [-0.15, -0.1) is 0 Å². The number of aromatic nitrogens is 1. The zero-order valence-corrected chi connectivity index (χ0v) is 17.0. The first-order chi connectivity index (χ1) is 15.1. The Balaban J connectivity index is 1.84. The minimum absolute atomic E-state index is 0.0876. The molecule has 2 N–H and O–H groups in total. The van der Waals surface area contributed by atoms with Crippen molar-refractivity contribution in [1.82, 2.24) is 10.3 Å². The van der Waals surface area contributed by atoms with Crippen LogP contribution in [-0.2, 0) is 13.0 Å². The number of nitrogens with one attached hydrogen (secondary N) is 1. The number of nitrogens with zero attached hydrogens (tertiary/aromatic N) is 2. The van der Waals surface area contributed by atoms with Crippen LogP contribution < -0.4 is 10.1 Å². The topological polar surface area (TPSA) is 97.5 Å². The second kappa shape index (κ2) is 7.52. The van der Waals surface area contributed by atoms with Crippen molar-refractivity contribution < 1.29 is 14.8 Å². The molecular formula is C24H21N3O4. The van der Waals surface area contributed by atoms with E-state index in [-0.39, 0.29) is 18.0 Å². The Kier molecular flexibility index (Phi) is 4.67. The van der Waals surface area contributed by atoms with Gasteiger partial charge in [-0.3, -0.25) is 10.1 Å². The standard InChI is InChI=1S/C24H21N3O4/c1-2-31-21-12-15(11-20(24(21)28)27(29)30)23-18-13-25-10-9-17(18)22-16-6-4-3-5-14(16)7-8-19(22)26-23/h3-8,11-12,25,28H,2,9-10,13H2,1H3. The van der Waals surface area contributed by atoms with E-state index in [4.69, 9.17) is 9.72 Å². The van der Waals surface area contributed by atoms with Gasteiger partial charge in [-0.05, 0) is 53.9 Å².